The van der Waals surface area contributed by atoms with Crippen LogP contribution in [-0.4, -0.2) is 57.3 Å². The Morgan fingerprint density at radius 3 is 2.59 bits per heavy atom. The summed E-state index contributed by atoms with van der Waals surface area (Å²) in [4.78, 5) is 39.3. The van der Waals surface area contributed by atoms with Crippen LogP contribution in [0, 0.1) is 0 Å². The van der Waals surface area contributed by atoms with Gasteiger partial charge in [-0.3, -0.25) is 23.6 Å². The maximum absolute atomic E-state index is 13.1. The van der Waals surface area contributed by atoms with Gasteiger partial charge in [0.15, 0.2) is 11.5 Å². The molecule has 1 saturated heterocycles. The molecule has 10 nitrogen and oxygen atoms in total. The molecule has 0 bridgehead atoms. The molecule has 3 aromatic rings. The van der Waals surface area contributed by atoms with Crippen LogP contribution in [0.25, 0.3) is 6.08 Å². The molecule has 0 spiro atoms. The molecule has 3 amide bonds. The predicted molar refractivity (Wildman–Crippen MR) is 146 cm³/mol. The normalized spacial score (nSPS) is 15.6. The number of anilines is 1. The molecule has 0 radical (unpaired) electrons. The smallest absolute Gasteiger partial charge is 0.293 e. The highest BCUT2D eigenvalue weighted by Gasteiger charge is 2.35. The summed E-state index contributed by atoms with van der Waals surface area (Å²) in [7, 11) is -2.46. The summed E-state index contributed by atoms with van der Waals surface area (Å²) in [5.41, 5.74) is 1.30. The largest absolute Gasteiger partial charge is 0.454 e. The Balaban J connectivity index is 1.21. The topological polar surface area (TPSA) is 122 Å². The molecule has 2 aliphatic rings. The Labute approximate surface area is 229 Å². The molecule has 0 saturated carbocycles. The van der Waals surface area contributed by atoms with E-state index in [0.717, 1.165) is 21.0 Å². The number of carbonyl (C=O) groups is 3. The van der Waals surface area contributed by atoms with E-state index in [1.165, 1.54) is 31.3 Å². The lowest BCUT2D eigenvalue weighted by atomic mass is 10.2. The van der Waals surface area contributed by atoms with Gasteiger partial charge in [-0.2, -0.15) is 0 Å². The Kier molecular flexibility index (Phi) is 7.31. The molecule has 3 aromatic carbocycles. The number of fused-ring (bicyclic) bond motifs is 1. The van der Waals surface area contributed by atoms with Gasteiger partial charge >= 0.3 is 0 Å². The Bertz CT molecular complexity index is 1590. The second kappa shape index (κ2) is 10.8. The zero-order valence-electron chi connectivity index (χ0n) is 20.7. The number of hydrogen-bond acceptors (Lipinski definition) is 8. The maximum atomic E-state index is 13.1. The second-order valence-corrected chi connectivity index (χ2v) is 11.5. The molecule has 12 heteroatoms. The van der Waals surface area contributed by atoms with Gasteiger partial charge in [0.25, 0.3) is 27.1 Å². The van der Waals surface area contributed by atoms with Gasteiger partial charge in [0.2, 0.25) is 6.79 Å². The lowest BCUT2D eigenvalue weighted by Gasteiger charge is -2.19. The average molecular weight is 566 g/mol. The van der Waals surface area contributed by atoms with Crippen LogP contribution in [0.2, 0.25) is 0 Å². The van der Waals surface area contributed by atoms with Gasteiger partial charge in [-0.15, -0.1) is 0 Å². The van der Waals surface area contributed by atoms with E-state index in [4.69, 9.17) is 9.47 Å². The highest BCUT2D eigenvalue weighted by Crippen LogP contribution is 2.36. The number of nitrogens with zero attached hydrogens (tertiary/aromatic N) is 2. The fraction of sp³-hybridized carbons (Fsp3) is 0.148. The third-order valence-electron chi connectivity index (χ3n) is 6.06. The second-order valence-electron chi connectivity index (χ2n) is 8.54. The van der Waals surface area contributed by atoms with Crippen molar-refractivity contribution in [2.45, 2.75) is 4.90 Å². The Hall–Kier alpha value is -4.29. The van der Waals surface area contributed by atoms with E-state index in [2.05, 4.69) is 5.32 Å². The first kappa shape index (κ1) is 26.3. The molecule has 200 valence electrons. The fourth-order valence-corrected chi connectivity index (χ4v) is 6.07. The quantitative estimate of drug-likeness (QED) is 0.410. The van der Waals surface area contributed by atoms with Crippen molar-refractivity contribution >= 4 is 50.6 Å². The molecular weight excluding hydrogens is 542 g/mol. The van der Waals surface area contributed by atoms with Crippen molar-refractivity contribution in [2.24, 2.45) is 0 Å². The number of amides is 3. The number of thioether (sulfide) groups is 1. The molecule has 1 N–H and O–H groups in total. The predicted octanol–water partition coefficient (Wildman–Crippen LogP) is 3.71. The Morgan fingerprint density at radius 2 is 1.79 bits per heavy atom. The number of sulfonamides is 1. The molecule has 2 aliphatic heterocycles. The lowest BCUT2D eigenvalue weighted by molar-refractivity contribution is -0.122. The molecule has 2 heterocycles. The van der Waals surface area contributed by atoms with Gasteiger partial charge < -0.3 is 14.8 Å². The molecule has 39 heavy (non-hydrogen) atoms. The molecule has 0 atom stereocenters. The summed E-state index contributed by atoms with van der Waals surface area (Å²) in [5.74, 6) is 0.183. The first-order valence-corrected chi connectivity index (χ1v) is 14.1. The van der Waals surface area contributed by atoms with Crippen LogP contribution >= 0.6 is 11.8 Å². The molecule has 0 unspecified atom stereocenters. The highest BCUT2D eigenvalue weighted by molar-refractivity contribution is 8.18. The van der Waals surface area contributed by atoms with Crippen LogP contribution in [-0.2, 0) is 14.8 Å². The number of rotatable bonds is 8. The van der Waals surface area contributed by atoms with Crippen LogP contribution < -0.4 is 19.1 Å². The van der Waals surface area contributed by atoms with E-state index < -0.39 is 27.1 Å². The van der Waals surface area contributed by atoms with Crippen molar-refractivity contribution < 1.29 is 32.3 Å². The van der Waals surface area contributed by atoms with E-state index in [0.29, 0.717) is 22.7 Å². The van der Waals surface area contributed by atoms with Gasteiger partial charge in [-0.25, -0.2) is 8.42 Å². The minimum Gasteiger partial charge on any atom is -0.454 e. The average Bonchev–Trinajstić information content (AvgIpc) is 3.52. The number of ether oxygens (including phenoxy) is 2. The van der Waals surface area contributed by atoms with Crippen LogP contribution in [0.15, 0.2) is 82.6 Å². The van der Waals surface area contributed by atoms with Crippen molar-refractivity contribution in [2.75, 3.05) is 31.2 Å². The van der Waals surface area contributed by atoms with Crippen molar-refractivity contribution in [3.8, 4) is 11.5 Å². The monoisotopic (exact) mass is 565 g/mol. The van der Waals surface area contributed by atoms with Gasteiger partial charge in [0, 0.05) is 25.7 Å². The van der Waals surface area contributed by atoms with Crippen LogP contribution in [0.3, 0.4) is 0 Å². The number of hydrogen-bond donors (Lipinski definition) is 1. The van der Waals surface area contributed by atoms with Crippen LogP contribution in [0.1, 0.15) is 15.9 Å². The highest BCUT2D eigenvalue weighted by atomic mass is 32.2. The third-order valence-corrected chi connectivity index (χ3v) is 8.75. The zero-order chi connectivity index (χ0) is 27.6. The number of imide groups is 1. The summed E-state index contributed by atoms with van der Waals surface area (Å²) in [6.07, 6.45) is 1.60. The SMILES string of the molecule is CN(c1ccccc1)S(=O)(=O)c1cccc(C(=O)NCCN2C(=O)S/C(=C/c3ccc4c(c3)OCO4)C2=O)c1. The van der Waals surface area contributed by atoms with Crippen LogP contribution in [0.4, 0.5) is 10.5 Å². The summed E-state index contributed by atoms with van der Waals surface area (Å²) >= 11 is 0.813. The first-order chi connectivity index (χ1) is 18.7. The number of carbonyl (C=O) groups excluding carboxylic acids is 3. The maximum Gasteiger partial charge on any atom is 0.293 e. The molecule has 1 fully saturated rings. The zero-order valence-corrected chi connectivity index (χ0v) is 22.3. The van der Waals surface area contributed by atoms with Crippen LogP contribution in [0.5, 0.6) is 11.5 Å². The number of nitrogens with one attached hydrogen (secondary N) is 1. The standard InChI is InChI=1S/C27H23N3O7S2/c1-29(20-7-3-2-4-8-20)39(34,35)21-9-5-6-19(16-21)25(31)28-12-13-30-26(32)24(38-27(30)33)15-18-10-11-22-23(14-18)37-17-36-22/h2-11,14-16H,12-13,17H2,1H3,(H,28,31)/b24-15+. The minimum absolute atomic E-state index is 0.00489. The molecule has 0 aromatic heterocycles. The lowest BCUT2D eigenvalue weighted by Crippen LogP contribution is -2.37. The number of benzene rings is 3. The summed E-state index contributed by atoms with van der Waals surface area (Å²) < 4.78 is 37.9. The van der Waals surface area contributed by atoms with Gasteiger partial charge in [-0.05, 0) is 65.9 Å². The molecular formula is C27H23N3O7S2. The van der Waals surface area contributed by atoms with E-state index >= 15 is 0 Å². The van der Waals surface area contributed by atoms with Gasteiger partial charge in [0.1, 0.15) is 0 Å². The molecule has 5 rings (SSSR count). The fourth-order valence-electron chi connectivity index (χ4n) is 3.96. The summed E-state index contributed by atoms with van der Waals surface area (Å²) in [6, 6.07) is 19.5. The number of para-hydroxylation sites is 1. The van der Waals surface area contributed by atoms with Crippen molar-refractivity contribution in [3.05, 3.63) is 88.8 Å². The first-order valence-electron chi connectivity index (χ1n) is 11.8. The van der Waals surface area contributed by atoms with E-state index in [9.17, 15) is 22.8 Å². The van der Waals surface area contributed by atoms with E-state index in [1.54, 1.807) is 54.6 Å². The summed E-state index contributed by atoms with van der Waals surface area (Å²) in [5, 5.41) is 2.20. The Morgan fingerprint density at radius 1 is 1.03 bits per heavy atom. The van der Waals surface area contributed by atoms with E-state index in [1.807, 2.05) is 0 Å². The third kappa shape index (κ3) is 5.47. The van der Waals surface area contributed by atoms with Gasteiger partial charge in [0.05, 0.1) is 15.5 Å². The van der Waals surface area contributed by atoms with Gasteiger partial charge in [-0.1, -0.05) is 30.3 Å². The summed E-state index contributed by atoms with van der Waals surface area (Å²) in [6.45, 7) is 0.0879. The minimum atomic E-state index is -3.90. The molecule has 0 aliphatic carbocycles. The van der Waals surface area contributed by atoms with Crippen molar-refractivity contribution in [3.63, 3.8) is 0 Å². The van der Waals surface area contributed by atoms with Crippen molar-refractivity contribution in [1.82, 2.24) is 10.2 Å². The van der Waals surface area contributed by atoms with Crippen molar-refractivity contribution in [1.29, 1.82) is 0 Å². The van der Waals surface area contributed by atoms with E-state index in [-0.39, 0.29) is 35.2 Å².